The van der Waals surface area contributed by atoms with Gasteiger partial charge in [0.05, 0.1) is 22.5 Å². The maximum atomic E-state index is 14.5. The first kappa shape index (κ1) is 27.5. The second-order valence-electron chi connectivity index (χ2n) is 7.09. The number of hydrogen-bond donors (Lipinski definition) is 0. The van der Waals surface area contributed by atoms with Gasteiger partial charge in [-0.05, 0) is 19.1 Å². The fourth-order valence-electron chi connectivity index (χ4n) is 2.81. The molecular weight excluding hydrogens is 502 g/mol. The molecule has 0 saturated heterocycles. The number of aromatic nitrogens is 5. The van der Waals surface area contributed by atoms with Gasteiger partial charge in [-0.1, -0.05) is 6.92 Å². The Bertz CT molecular complexity index is 1150. The molecule has 0 aromatic carbocycles. The van der Waals surface area contributed by atoms with Gasteiger partial charge < -0.3 is 4.57 Å². The Hall–Kier alpha value is -2.78. The van der Waals surface area contributed by atoms with Crippen molar-refractivity contribution in [2.24, 2.45) is 7.05 Å². The third-order valence-corrected chi connectivity index (χ3v) is 6.80. The molecule has 0 aliphatic carbocycles. The van der Waals surface area contributed by atoms with Gasteiger partial charge in [-0.3, -0.25) is 0 Å². The molecule has 0 aliphatic heterocycles. The molecule has 0 aliphatic rings. The van der Waals surface area contributed by atoms with Gasteiger partial charge in [0, 0.05) is 19.2 Å². The first-order chi connectivity index (χ1) is 15.5. The molecular formula is C18H19F8N5O2S. The van der Waals surface area contributed by atoms with Crippen molar-refractivity contribution in [2.45, 2.75) is 44.5 Å². The zero-order valence-corrected chi connectivity index (χ0v) is 18.7. The SMILES string of the molecule is CCS(=O)(=O)/C(=C/C=C(\C)n1cncn1)Cc1ncc([C@H](F)C(F)(C(F)(F)F)C(F)(F)F)n1C. The fraction of sp³-hybridized carbons (Fsp3) is 0.500. The van der Waals surface area contributed by atoms with Crippen LogP contribution in [0.15, 0.2) is 35.9 Å². The van der Waals surface area contributed by atoms with Crippen LogP contribution in [0.3, 0.4) is 0 Å². The van der Waals surface area contributed by atoms with Crippen molar-refractivity contribution in [3.05, 3.63) is 47.4 Å². The second-order valence-corrected chi connectivity index (χ2v) is 9.42. The van der Waals surface area contributed by atoms with Crippen LogP contribution in [0.5, 0.6) is 0 Å². The minimum atomic E-state index is -6.62. The largest absolute Gasteiger partial charge is 0.434 e. The van der Waals surface area contributed by atoms with Crippen LogP contribution in [-0.2, 0) is 23.3 Å². The van der Waals surface area contributed by atoms with E-state index in [0.717, 1.165) is 13.1 Å². The Morgan fingerprint density at radius 1 is 1.12 bits per heavy atom. The van der Waals surface area contributed by atoms with Crippen LogP contribution in [0.1, 0.15) is 31.5 Å². The van der Waals surface area contributed by atoms with Gasteiger partial charge in [-0.15, -0.1) is 0 Å². The van der Waals surface area contributed by atoms with Crippen molar-refractivity contribution >= 4 is 15.5 Å². The van der Waals surface area contributed by atoms with E-state index in [1.807, 2.05) is 0 Å². The van der Waals surface area contributed by atoms with Gasteiger partial charge >= 0.3 is 18.0 Å². The molecule has 1 atom stereocenters. The highest BCUT2D eigenvalue weighted by Crippen LogP contribution is 2.54. The molecule has 190 valence electrons. The number of rotatable bonds is 8. The maximum absolute atomic E-state index is 14.5. The van der Waals surface area contributed by atoms with Crippen LogP contribution in [0, 0.1) is 0 Å². The van der Waals surface area contributed by atoms with Crippen molar-refractivity contribution in [1.82, 2.24) is 24.3 Å². The van der Waals surface area contributed by atoms with Crippen LogP contribution in [0.2, 0.25) is 0 Å². The van der Waals surface area contributed by atoms with Crippen LogP contribution in [0.25, 0.3) is 5.70 Å². The Morgan fingerprint density at radius 3 is 2.18 bits per heavy atom. The molecule has 0 N–H and O–H groups in total. The lowest BCUT2D eigenvalue weighted by Crippen LogP contribution is -2.56. The summed E-state index contributed by atoms with van der Waals surface area (Å²) in [5, 5.41) is 3.84. The Balaban J connectivity index is 2.50. The Kier molecular flexibility index (Phi) is 7.64. The molecule has 0 bridgehead atoms. The number of imidazole rings is 1. The van der Waals surface area contributed by atoms with E-state index >= 15 is 0 Å². The van der Waals surface area contributed by atoms with Crippen LogP contribution < -0.4 is 0 Å². The molecule has 16 heteroatoms. The zero-order valence-electron chi connectivity index (χ0n) is 17.9. The van der Waals surface area contributed by atoms with E-state index in [4.69, 9.17) is 0 Å². The number of hydrogen-bond acceptors (Lipinski definition) is 5. The van der Waals surface area contributed by atoms with E-state index in [1.165, 1.54) is 30.3 Å². The average molecular weight is 521 g/mol. The van der Waals surface area contributed by atoms with E-state index in [1.54, 1.807) is 6.92 Å². The summed E-state index contributed by atoms with van der Waals surface area (Å²) in [5.41, 5.74) is -7.14. The van der Waals surface area contributed by atoms with E-state index in [2.05, 4.69) is 15.1 Å². The number of halogens is 8. The molecule has 2 aromatic heterocycles. The number of allylic oxidation sites excluding steroid dienone is 4. The highest BCUT2D eigenvalue weighted by molar-refractivity contribution is 7.95. The molecule has 0 fully saturated rings. The molecule has 0 radical (unpaired) electrons. The molecule has 2 heterocycles. The molecule has 7 nitrogen and oxygen atoms in total. The summed E-state index contributed by atoms with van der Waals surface area (Å²) in [4.78, 5) is 6.95. The second kappa shape index (κ2) is 9.46. The van der Waals surface area contributed by atoms with Crippen molar-refractivity contribution in [3.8, 4) is 0 Å². The van der Waals surface area contributed by atoms with Crippen molar-refractivity contribution in [2.75, 3.05) is 5.75 Å². The summed E-state index contributed by atoms with van der Waals surface area (Å²) in [6.07, 6.45) is -12.7. The van der Waals surface area contributed by atoms with E-state index in [0.29, 0.717) is 16.5 Å². The quantitative estimate of drug-likeness (QED) is 0.383. The first-order valence-electron chi connectivity index (χ1n) is 9.39. The van der Waals surface area contributed by atoms with Crippen molar-refractivity contribution < 1.29 is 43.5 Å². The summed E-state index contributed by atoms with van der Waals surface area (Å²) in [7, 11) is -3.08. The van der Waals surface area contributed by atoms with E-state index < -0.39 is 57.7 Å². The number of sulfone groups is 1. The molecule has 0 amide bonds. The van der Waals surface area contributed by atoms with Crippen LogP contribution in [0.4, 0.5) is 35.1 Å². The summed E-state index contributed by atoms with van der Waals surface area (Å²) >= 11 is 0. The number of alkyl halides is 8. The molecule has 2 aromatic rings. The van der Waals surface area contributed by atoms with Crippen LogP contribution >= 0.6 is 0 Å². The van der Waals surface area contributed by atoms with Gasteiger partial charge in [0.15, 0.2) is 16.0 Å². The van der Waals surface area contributed by atoms with Gasteiger partial charge in [0.25, 0.3) is 0 Å². The summed E-state index contributed by atoms with van der Waals surface area (Å²) in [6.45, 7) is 2.87. The molecule has 2 rings (SSSR count). The van der Waals surface area contributed by atoms with Crippen molar-refractivity contribution in [1.29, 1.82) is 0 Å². The standard InChI is InChI=1S/C18H19F8N5O2S/c1-4-34(32,33)12(6-5-11(2)31-10-27-9-29-31)7-14-28-8-13(30(14)3)15(19)16(20,17(21,22)23)18(24,25)26/h5-6,8-10,15H,4,7H2,1-3H3/b11-5+,12-6+/t15-/m0/s1. The zero-order chi connectivity index (χ0) is 26.1. The first-order valence-corrected chi connectivity index (χ1v) is 11.0. The van der Waals surface area contributed by atoms with Gasteiger partial charge in [0.2, 0.25) is 0 Å². The van der Waals surface area contributed by atoms with E-state index in [9.17, 15) is 43.5 Å². The molecule has 0 spiro atoms. The monoisotopic (exact) mass is 521 g/mol. The lowest BCUT2D eigenvalue weighted by Gasteiger charge is -2.32. The average Bonchev–Trinajstić information content (AvgIpc) is 3.38. The van der Waals surface area contributed by atoms with E-state index in [-0.39, 0.29) is 4.91 Å². The Labute approximate surface area is 188 Å². The Morgan fingerprint density at radius 2 is 1.71 bits per heavy atom. The van der Waals surface area contributed by atoms with Crippen LogP contribution in [-0.4, -0.2) is 56.5 Å². The third-order valence-electron chi connectivity index (χ3n) is 4.96. The van der Waals surface area contributed by atoms with Crippen molar-refractivity contribution in [3.63, 3.8) is 0 Å². The third kappa shape index (κ3) is 5.15. The minimum absolute atomic E-state index is 0.304. The number of nitrogens with zero attached hydrogens (tertiary/aromatic N) is 5. The predicted octanol–water partition coefficient (Wildman–Crippen LogP) is 4.28. The van der Waals surface area contributed by atoms with Gasteiger partial charge in [-0.25, -0.2) is 31.8 Å². The lowest BCUT2D eigenvalue weighted by molar-refractivity contribution is -0.359. The maximum Gasteiger partial charge on any atom is 0.434 e. The molecule has 0 unspecified atom stereocenters. The predicted molar refractivity (Wildman–Crippen MR) is 104 cm³/mol. The summed E-state index contributed by atoms with van der Waals surface area (Å²) in [5.74, 6) is -0.798. The smallest absolute Gasteiger partial charge is 0.332 e. The fourth-order valence-corrected chi connectivity index (χ4v) is 3.80. The highest BCUT2D eigenvalue weighted by Gasteiger charge is 2.77. The minimum Gasteiger partial charge on any atom is -0.332 e. The lowest BCUT2D eigenvalue weighted by atomic mass is 9.96. The van der Waals surface area contributed by atoms with Gasteiger partial charge in [0.1, 0.15) is 18.5 Å². The topological polar surface area (TPSA) is 82.7 Å². The normalized spacial score (nSPS) is 15.6. The summed E-state index contributed by atoms with van der Waals surface area (Å²) in [6, 6.07) is 0. The summed E-state index contributed by atoms with van der Waals surface area (Å²) < 4.78 is 133. The highest BCUT2D eigenvalue weighted by atomic mass is 32.2. The molecule has 34 heavy (non-hydrogen) atoms. The van der Waals surface area contributed by atoms with Gasteiger partial charge in [-0.2, -0.15) is 31.4 Å². The molecule has 0 saturated carbocycles.